The van der Waals surface area contributed by atoms with Crippen LogP contribution >= 0.6 is 0 Å². The Labute approximate surface area is 102 Å². The molecular weight excluding hydrogens is 214 g/mol. The minimum Gasteiger partial charge on any atom is -0.302 e. The van der Waals surface area contributed by atoms with Gasteiger partial charge < -0.3 is 4.90 Å². The molecule has 1 aliphatic rings. The third-order valence-electron chi connectivity index (χ3n) is 3.98. The monoisotopic (exact) mass is 235 g/mol. The number of nitrogens with two attached hydrogens (primary N) is 1. The molecule has 1 aliphatic carbocycles. The molecule has 0 aliphatic heterocycles. The van der Waals surface area contributed by atoms with Crippen molar-refractivity contribution in [1.82, 2.24) is 20.3 Å². The summed E-state index contributed by atoms with van der Waals surface area (Å²) in [4.78, 5) is 10.5. The number of aromatic nitrogens is 2. The van der Waals surface area contributed by atoms with Crippen molar-refractivity contribution in [3.05, 3.63) is 24.3 Å². The van der Waals surface area contributed by atoms with Gasteiger partial charge in [-0.3, -0.25) is 11.3 Å². The Hall–Kier alpha value is -1.04. The molecule has 5 heteroatoms. The molecule has 0 bridgehead atoms. The Balaban J connectivity index is 2.33. The first-order chi connectivity index (χ1) is 8.20. The van der Waals surface area contributed by atoms with Crippen LogP contribution in [-0.2, 0) is 0 Å². The highest BCUT2D eigenvalue weighted by atomic mass is 15.3. The lowest BCUT2D eigenvalue weighted by Crippen LogP contribution is -2.53. The quantitative estimate of drug-likeness (QED) is 0.598. The molecule has 3 N–H and O–H groups in total. The van der Waals surface area contributed by atoms with E-state index in [1.165, 1.54) is 12.8 Å². The van der Waals surface area contributed by atoms with Gasteiger partial charge in [0.15, 0.2) is 0 Å². The lowest BCUT2D eigenvalue weighted by molar-refractivity contribution is 0.104. The predicted molar refractivity (Wildman–Crippen MR) is 67.0 cm³/mol. The number of hydrogen-bond acceptors (Lipinski definition) is 5. The average molecular weight is 235 g/mol. The van der Waals surface area contributed by atoms with E-state index in [0.717, 1.165) is 18.4 Å². The van der Waals surface area contributed by atoms with Crippen LogP contribution in [0.25, 0.3) is 0 Å². The van der Waals surface area contributed by atoms with E-state index in [0.29, 0.717) is 0 Å². The minimum atomic E-state index is 0.0828. The summed E-state index contributed by atoms with van der Waals surface area (Å²) in [6.07, 6.45) is 10.1. The SMILES string of the molecule is CN(C)C1(C(NN)c2cncnc2)CCCC1. The van der Waals surface area contributed by atoms with Gasteiger partial charge in [0.25, 0.3) is 0 Å². The second kappa shape index (κ2) is 5.08. The van der Waals surface area contributed by atoms with Crippen LogP contribution in [-0.4, -0.2) is 34.5 Å². The van der Waals surface area contributed by atoms with Crippen molar-refractivity contribution in [3.8, 4) is 0 Å². The normalized spacial score (nSPS) is 20.7. The van der Waals surface area contributed by atoms with Crippen molar-refractivity contribution < 1.29 is 0 Å². The zero-order chi connectivity index (χ0) is 12.3. The summed E-state index contributed by atoms with van der Waals surface area (Å²) in [7, 11) is 4.25. The first kappa shape index (κ1) is 12.4. The number of likely N-dealkylation sites (N-methyl/N-ethyl adjacent to an activating group) is 1. The van der Waals surface area contributed by atoms with Gasteiger partial charge in [0.05, 0.1) is 6.04 Å². The summed E-state index contributed by atoms with van der Waals surface area (Å²) in [6, 6.07) is 0.0844. The largest absolute Gasteiger partial charge is 0.302 e. The average Bonchev–Trinajstić information content (AvgIpc) is 2.82. The number of hydrogen-bond donors (Lipinski definition) is 2. The summed E-state index contributed by atoms with van der Waals surface area (Å²) in [5.74, 6) is 5.78. The summed E-state index contributed by atoms with van der Waals surface area (Å²) in [5, 5.41) is 0. The van der Waals surface area contributed by atoms with Crippen LogP contribution in [0.2, 0.25) is 0 Å². The maximum Gasteiger partial charge on any atom is 0.115 e. The van der Waals surface area contributed by atoms with Crippen LogP contribution in [0.5, 0.6) is 0 Å². The molecule has 2 rings (SSSR count). The molecule has 0 spiro atoms. The highest BCUT2D eigenvalue weighted by Crippen LogP contribution is 2.42. The fraction of sp³-hybridized carbons (Fsp3) is 0.667. The summed E-state index contributed by atoms with van der Waals surface area (Å²) < 4.78 is 0. The molecule has 1 aromatic heterocycles. The summed E-state index contributed by atoms with van der Waals surface area (Å²) in [5.41, 5.74) is 4.10. The van der Waals surface area contributed by atoms with Crippen molar-refractivity contribution >= 4 is 0 Å². The van der Waals surface area contributed by atoms with E-state index in [2.05, 4.69) is 34.4 Å². The third-order valence-corrected chi connectivity index (χ3v) is 3.98. The van der Waals surface area contributed by atoms with Crippen molar-refractivity contribution in [1.29, 1.82) is 0 Å². The lowest BCUT2D eigenvalue weighted by atomic mass is 9.84. The van der Waals surface area contributed by atoms with Crippen molar-refractivity contribution in [2.75, 3.05) is 14.1 Å². The summed E-state index contributed by atoms with van der Waals surface area (Å²) in [6.45, 7) is 0. The molecule has 0 saturated heterocycles. The van der Waals surface area contributed by atoms with Gasteiger partial charge in [0, 0.05) is 23.5 Å². The fourth-order valence-electron chi connectivity index (χ4n) is 3.00. The first-order valence-electron chi connectivity index (χ1n) is 6.09. The van der Waals surface area contributed by atoms with Crippen LogP contribution in [0.1, 0.15) is 37.3 Å². The molecule has 94 valence electrons. The van der Waals surface area contributed by atoms with Gasteiger partial charge in [-0.05, 0) is 26.9 Å². The van der Waals surface area contributed by atoms with Gasteiger partial charge in [0.1, 0.15) is 6.33 Å². The Morgan fingerprint density at radius 2 is 1.88 bits per heavy atom. The van der Waals surface area contributed by atoms with Crippen LogP contribution in [0.15, 0.2) is 18.7 Å². The van der Waals surface area contributed by atoms with E-state index in [-0.39, 0.29) is 11.6 Å². The number of hydrazine groups is 1. The lowest BCUT2D eigenvalue weighted by Gasteiger charge is -2.42. The Morgan fingerprint density at radius 3 is 2.35 bits per heavy atom. The number of nitrogens with zero attached hydrogens (tertiary/aromatic N) is 3. The molecule has 1 atom stereocenters. The molecule has 1 heterocycles. The van der Waals surface area contributed by atoms with Crippen LogP contribution < -0.4 is 11.3 Å². The van der Waals surface area contributed by atoms with Gasteiger partial charge in [0.2, 0.25) is 0 Å². The Kier molecular flexibility index (Phi) is 3.71. The second-order valence-corrected chi connectivity index (χ2v) is 4.98. The topological polar surface area (TPSA) is 67.1 Å². The van der Waals surface area contributed by atoms with Gasteiger partial charge in [-0.2, -0.15) is 0 Å². The van der Waals surface area contributed by atoms with Crippen LogP contribution in [0.4, 0.5) is 0 Å². The van der Waals surface area contributed by atoms with E-state index < -0.39 is 0 Å². The molecule has 1 aromatic rings. The Bertz CT molecular complexity index is 345. The highest BCUT2D eigenvalue weighted by Gasteiger charge is 2.43. The van der Waals surface area contributed by atoms with Gasteiger partial charge in [-0.15, -0.1) is 0 Å². The van der Waals surface area contributed by atoms with Crippen molar-refractivity contribution in [3.63, 3.8) is 0 Å². The minimum absolute atomic E-state index is 0.0828. The smallest absolute Gasteiger partial charge is 0.115 e. The van der Waals surface area contributed by atoms with Crippen LogP contribution in [0, 0.1) is 0 Å². The van der Waals surface area contributed by atoms with E-state index >= 15 is 0 Å². The number of rotatable bonds is 4. The van der Waals surface area contributed by atoms with Gasteiger partial charge >= 0.3 is 0 Å². The Morgan fingerprint density at radius 1 is 1.29 bits per heavy atom. The predicted octanol–water partition coefficient (Wildman–Crippen LogP) is 0.855. The molecular formula is C12H21N5. The maximum atomic E-state index is 5.78. The van der Waals surface area contributed by atoms with Gasteiger partial charge in [-0.1, -0.05) is 12.8 Å². The molecule has 0 amide bonds. The maximum absolute atomic E-state index is 5.78. The van der Waals surface area contributed by atoms with Crippen LogP contribution in [0.3, 0.4) is 0 Å². The fourth-order valence-corrected chi connectivity index (χ4v) is 3.00. The van der Waals surface area contributed by atoms with Crippen molar-refractivity contribution in [2.45, 2.75) is 37.3 Å². The van der Waals surface area contributed by atoms with E-state index in [9.17, 15) is 0 Å². The molecule has 17 heavy (non-hydrogen) atoms. The third kappa shape index (κ3) is 2.18. The standard InChI is InChI=1S/C12H21N5/c1-17(2)12(5-3-4-6-12)11(16-13)10-7-14-9-15-8-10/h7-9,11,16H,3-6,13H2,1-2H3. The van der Waals surface area contributed by atoms with Gasteiger partial charge in [-0.25, -0.2) is 9.97 Å². The van der Waals surface area contributed by atoms with E-state index in [1.54, 1.807) is 6.33 Å². The zero-order valence-corrected chi connectivity index (χ0v) is 10.6. The highest BCUT2D eigenvalue weighted by molar-refractivity contribution is 5.18. The van der Waals surface area contributed by atoms with E-state index in [4.69, 9.17) is 5.84 Å². The first-order valence-corrected chi connectivity index (χ1v) is 6.09. The molecule has 5 nitrogen and oxygen atoms in total. The zero-order valence-electron chi connectivity index (χ0n) is 10.6. The van der Waals surface area contributed by atoms with E-state index in [1.807, 2.05) is 12.4 Å². The molecule has 1 fully saturated rings. The molecule has 0 radical (unpaired) electrons. The summed E-state index contributed by atoms with van der Waals surface area (Å²) >= 11 is 0. The van der Waals surface area contributed by atoms with Crippen molar-refractivity contribution in [2.24, 2.45) is 5.84 Å². The number of nitrogens with one attached hydrogen (secondary N) is 1. The molecule has 1 unspecified atom stereocenters. The second-order valence-electron chi connectivity index (χ2n) is 4.98. The molecule has 1 saturated carbocycles. The molecule has 0 aromatic carbocycles.